The molecule has 8 heteroatoms. The number of hydrogen-bond acceptors (Lipinski definition) is 5. The third-order valence-corrected chi connectivity index (χ3v) is 3.70. The fourth-order valence-electron chi connectivity index (χ4n) is 2.42. The topological polar surface area (TPSA) is 92.9 Å². The number of anilines is 1. The van der Waals surface area contributed by atoms with Crippen LogP contribution in [0.1, 0.15) is 5.56 Å². The summed E-state index contributed by atoms with van der Waals surface area (Å²) < 4.78 is 18.7. The van der Waals surface area contributed by atoms with Gasteiger partial charge in [0.05, 0.1) is 30.2 Å². The van der Waals surface area contributed by atoms with Gasteiger partial charge in [0.2, 0.25) is 0 Å². The molecule has 21 heavy (non-hydrogen) atoms. The van der Waals surface area contributed by atoms with Gasteiger partial charge in [-0.1, -0.05) is 0 Å². The molecule has 1 heterocycles. The lowest BCUT2D eigenvalue weighted by molar-refractivity contribution is -0.384. The Kier molecular flexibility index (Phi) is 4.08. The van der Waals surface area contributed by atoms with Crippen molar-refractivity contribution in [2.45, 2.75) is 13.0 Å². The van der Waals surface area contributed by atoms with Crippen LogP contribution in [0.25, 0.3) is 0 Å². The molecule has 1 aliphatic heterocycles. The number of ether oxygens (including phenoxy) is 1. The highest BCUT2D eigenvalue weighted by molar-refractivity contribution is 5.73. The number of aliphatic carboxylic acids is 1. The van der Waals surface area contributed by atoms with E-state index < -0.39 is 34.4 Å². The summed E-state index contributed by atoms with van der Waals surface area (Å²) in [5, 5.41) is 20.2. The van der Waals surface area contributed by atoms with Crippen LogP contribution >= 0.6 is 0 Å². The van der Waals surface area contributed by atoms with Gasteiger partial charge in [0.1, 0.15) is 17.4 Å². The van der Waals surface area contributed by atoms with Gasteiger partial charge in [-0.2, -0.15) is 0 Å². The standard InChI is InChI=1S/C13H15FN2O5/c1-7-3-10(11(16(19)20)4-9(7)14)15(2)12-6-21-5-8(12)13(17)18/h3-4,8,12H,5-6H2,1-2H3,(H,17,18). The van der Waals surface area contributed by atoms with Crippen molar-refractivity contribution in [3.8, 4) is 0 Å². The first-order valence-corrected chi connectivity index (χ1v) is 6.31. The molecule has 1 aromatic rings. The van der Waals surface area contributed by atoms with E-state index in [9.17, 15) is 19.3 Å². The number of aryl methyl sites for hydroxylation is 1. The highest BCUT2D eigenvalue weighted by Gasteiger charge is 2.38. The predicted molar refractivity (Wildman–Crippen MR) is 71.9 cm³/mol. The minimum atomic E-state index is -1.02. The van der Waals surface area contributed by atoms with Gasteiger partial charge in [-0.05, 0) is 18.6 Å². The van der Waals surface area contributed by atoms with Crippen molar-refractivity contribution < 1.29 is 24.0 Å². The first-order valence-electron chi connectivity index (χ1n) is 6.31. The Balaban J connectivity index is 2.43. The summed E-state index contributed by atoms with van der Waals surface area (Å²) in [6.45, 7) is 1.70. The van der Waals surface area contributed by atoms with Crippen LogP contribution in [0.15, 0.2) is 12.1 Å². The van der Waals surface area contributed by atoms with Crippen molar-refractivity contribution in [2.24, 2.45) is 5.92 Å². The fourth-order valence-corrected chi connectivity index (χ4v) is 2.42. The Morgan fingerprint density at radius 3 is 2.76 bits per heavy atom. The average Bonchev–Trinajstić information content (AvgIpc) is 2.89. The van der Waals surface area contributed by atoms with E-state index in [1.807, 2.05) is 0 Å². The molecular weight excluding hydrogens is 283 g/mol. The third kappa shape index (κ3) is 2.80. The number of nitro groups is 1. The quantitative estimate of drug-likeness (QED) is 0.670. The van der Waals surface area contributed by atoms with E-state index in [1.165, 1.54) is 17.9 Å². The maximum Gasteiger partial charge on any atom is 0.311 e. The Hall–Kier alpha value is -2.22. The third-order valence-electron chi connectivity index (χ3n) is 3.70. The molecule has 0 saturated carbocycles. The molecule has 2 unspecified atom stereocenters. The van der Waals surface area contributed by atoms with Crippen molar-refractivity contribution in [1.29, 1.82) is 0 Å². The molecule has 1 saturated heterocycles. The summed E-state index contributed by atoms with van der Waals surface area (Å²) >= 11 is 0. The number of carbonyl (C=O) groups is 1. The van der Waals surface area contributed by atoms with Gasteiger partial charge in [0.25, 0.3) is 5.69 Å². The summed E-state index contributed by atoms with van der Waals surface area (Å²) in [6, 6.07) is 1.67. The van der Waals surface area contributed by atoms with Crippen LogP contribution in [0.2, 0.25) is 0 Å². The van der Waals surface area contributed by atoms with Crippen molar-refractivity contribution in [1.82, 2.24) is 0 Å². The lowest BCUT2D eigenvalue weighted by atomic mass is 10.0. The number of benzene rings is 1. The molecule has 2 atom stereocenters. The summed E-state index contributed by atoms with van der Waals surface area (Å²) in [5.41, 5.74) is 0.0468. The number of nitrogens with zero attached hydrogens (tertiary/aromatic N) is 2. The van der Waals surface area contributed by atoms with Crippen LogP contribution in [-0.2, 0) is 9.53 Å². The van der Waals surface area contributed by atoms with Gasteiger partial charge in [0.15, 0.2) is 0 Å². The van der Waals surface area contributed by atoms with Crippen LogP contribution in [0.4, 0.5) is 15.8 Å². The lowest BCUT2D eigenvalue weighted by Crippen LogP contribution is -2.41. The van der Waals surface area contributed by atoms with Gasteiger partial charge in [-0.25, -0.2) is 4.39 Å². The van der Waals surface area contributed by atoms with E-state index in [0.29, 0.717) is 0 Å². The van der Waals surface area contributed by atoms with Gasteiger partial charge in [-0.15, -0.1) is 0 Å². The molecule has 1 aliphatic rings. The maximum absolute atomic E-state index is 13.5. The molecule has 0 amide bonds. The Labute approximate surface area is 120 Å². The Morgan fingerprint density at radius 2 is 2.19 bits per heavy atom. The first kappa shape index (κ1) is 15.2. The molecule has 0 aliphatic carbocycles. The minimum Gasteiger partial charge on any atom is -0.481 e. The number of rotatable bonds is 4. The van der Waals surface area contributed by atoms with Gasteiger partial charge >= 0.3 is 5.97 Å². The Morgan fingerprint density at radius 1 is 1.52 bits per heavy atom. The average molecular weight is 298 g/mol. The molecule has 0 spiro atoms. The van der Waals surface area contributed by atoms with Crippen molar-refractivity contribution in [2.75, 3.05) is 25.2 Å². The zero-order valence-electron chi connectivity index (χ0n) is 11.6. The molecule has 1 aromatic carbocycles. The zero-order chi connectivity index (χ0) is 15.7. The zero-order valence-corrected chi connectivity index (χ0v) is 11.6. The maximum atomic E-state index is 13.5. The van der Waals surface area contributed by atoms with Crippen molar-refractivity contribution in [3.05, 3.63) is 33.6 Å². The minimum absolute atomic E-state index is 0.0539. The van der Waals surface area contributed by atoms with Crippen molar-refractivity contribution in [3.63, 3.8) is 0 Å². The van der Waals surface area contributed by atoms with Gasteiger partial charge < -0.3 is 14.7 Å². The fraction of sp³-hybridized carbons (Fsp3) is 0.462. The van der Waals surface area contributed by atoms with Gasteiger partial charge in [-0.3, -0.25) is 14.9 Å². The monoisotopic (exact) mass is 298 g/mol. The highest BCUT2D eigenvalue weighted by atomic mass is 19.1. The van der Waals surface area contributed by atoms with E-state index in [2.05, 4.69) is 0 Å². The number of carboxylic acids is 1. The van der Waals surface area contributed by atoms with E-state index >= 15 is 0 Å². The second-order valence-corrected chi connectivity index (χ2v) is 5.01. The molecule has 0 aromatic heterocycles. The molecule has 2 rings (SSSR count). The molecule has 0 bridgehead atoms. The van der Waals surface area contributed by atoms with Crippen LogP contribution in [0.3, 0.4) is 0 Å². The molecule has 7 nitrogen and oxygen atoms in total. The van der Waals surface area contributed by atoms with E-state index in [0.717, 1.165) is 6.07 Å². The predicted octanol–water partition coefficient (Wildman–Crippen LogP) is 1.58. The first-order chi connectivity index (χ1) is 9.82. The molecule has 1 fully saturated rings. The molecule has 114 valence electrons. The SMILES string of the molecule is Cc1cc(N(C)C2COCC2C(=O)O)c([N+](=O)[O-])cc1F. The number of likely N-dealkylation sites (N-methyl/N-ethyl adjacent to an activating group) is 1. The largest absolute Gasteiger partial charge is 0.481 e. The van der Waals surface area contributed by atoms with Crippen LogP contribution in [0, 0.1) is 28.8 Å². The Bertz CT molecular complexity index is 592. The van der Waals surface area contributed by atoms with Crippen LogP contribution in [0.5, 0.6) is 0 Å². The van der Waals surface area contributed by atoms with Gasteiger partial charge in [0, 0.05) is 7.05 Å². The smallest absolute Gasteiger partial charge is 0.311 e. The van der Waals surface area contributed by atoms with E-state index in [4.69, 9.17) is 9.84 Å². The number of carboxylic acid groups (broad SMARTS) is 1. The van der Waals surface area contributed by atoms with Crippen LogP contribution in [-0.4, -0.2) is 42.3 Å². The van der Waals surface area contributed by atoms with E-state index in [1.54, 1.807) is 7.05 Å². The molecular formula is C13H15FN2O5. The summed E-state index contributed by atoms with van der Waals surface area (Å²) in [5.74, 6) is -2.47. The lowest BCUT2D eigenvalue weighted by Gasteiger charge is -2.28. The summed E-state index contributed by atoms with van der Waals surface area (Å²) in [4.78, 5) is 23.1. The second-order valence-electron chi connectivity index (χ2n) is 5.01. The molecule has 1 N–H and O–H groups in total. The highest BCUT2D eigenvalue weighted by Crippen LogP contribution is 2.34. The number of nitro benzene ring substituents is 1. The van der Waals surface area contributed by atoms with Crippen LogP contribution < -0.4 is 4.90 Å². The normalized spacial score (nSPS) is 21.3. The number of hydrogen-bond donors (Lipinski definition) is 1. The summed E-state index contributed by atoms with van der Waals surface area (Å²) in [7, 11) is 1.55. The number of halogens is 1. The van der Waals surface area contributed by atoms with E-state index in [-0.39, 0.29) is 24.5 Å². The molecule has 0 radical (unpaired) electrons. The second kappa shape index (κ2) is 5.65. The summed E-state index contributed by atoms with van der Waals surface area (Å²) in [6.07, 6.45) is 0. The van der Waals surface area contributed by atoms with Crippen molar-refractivity contribution >= 4 is 17.3 Å².